The maximum Gasteiger partial charge on any atom is 0.254 e. The second-order valence-corrected chi connectivity index (χ2v) is 10.1. The molecular weight excluding hydrogens is 420 g/mol. The van der Waals surface area contributed by atoms with E-state index in [1.54, 1.807) is 12.3 Å². The molecule has 2 heterocycles. The van der Waals surface area contributed by atoms with Crippen LogP contribution in [0.5, 0.6) is 0 Å². The summed E-state index contributed by atoms with van der Waals surface area (Å²) in [5.41, 5.74) is 0.429. The average molecular weight is 455 g/mol. The van der Waals surface area contributed by atoms with E-state index in [1.165, 1.54) is 18.7 Å². The molecule has 0 unspecified atom stereocenters. The second kappa shape index (κ2) is 9.63. The lowest BCUT2D eigenvalue weighted by Crippen LogP contribution is -2.58. The Hall–Kier alpha value is -2.74. The normalized spacial score (nSPS) is 32.4. The highest BCUT2D eigenvalue weighted by Gasteiger charge is 2.53. The minimum Gasteiger partial charge on any atom is -0.467 e. The molecule has 2 fully saturated rings. The standard InChI is InChI=1S/C25H34N4O4/c1-15(23(31)28-13-18-5-4-10-33-18)19-6-8-25(3)9-7-20(16(2)21(25)22(19)30)29-24(32)17-11-26-14-27-12-17/h4-5,10-12,14-16,19-22,30H,6-9,13H2,1-3H3,(H,28,31)(H,29,32)/t15-,16-,19-,20-,21+,22-,25+/m0/s1. The van der Waals surface area contributed by atoms with Crippen molar-refractivity contribution >= 4 is 11.8 Å². The lowest BCUT2D eigenvalue weighted by Gasteiger charge is -2.56. The number of carbonyl (C=O) groups is 2. The number of fused-ring (bicyclic) bond motifs is 1. The number of nitrogens with zero attached hydrogens (tertiary/aromatic N) is 2. The van der Waals surface area contributed by atoms with Crippen LogP contribution in [0.25, 0.3) is 0 Å². The summed E-state index contributed by atoms with van der Waals surface area (Å²) < 4.78 is 5.30. The molecule has 0 bridgehead atoms. The van der Waals surface area contributed by atoms with Gasteiger partial charge in [0.1, 0.15) is 12.1 Å². The van der Waals surface area contributed by atoms with Crippen LogP contribution in [0, 0.1) is 29.1 Å². The molecule has 2 aromatic rings. The van der Waals surface area contributed by atoms with Gasteiger partial charge in [-0.05, 0) is 61.0 Å². The SMILES string of the molecule is C[C@@H]1[C@@H]2[C@@H](O)[C@H]([C@H](C)C(=O)NCc3ccco3)CC[C@]2(C)CC[C@@H]1NC(=O)c1cncnc1. The van der Waals surface area contributed by atoms with Crippen LogP contribution in [0.2, 0.25) is 0 Å². The fourth-order valence-electron chi connectivity index (χ4n) is 6.11. The molecule has 0 aliphatic heterocycles. The molecule has 0 saturated heterocycles. The molecule has 2 aromatic heterocycles. The number of hydrogen-bond acceptors (Lipinski definition) is 6. The van der Waals surface area contributed by atoms with E-state index in [-0.39, 0.29) is 46.9 Å². The smallest absolute Gasteiger partial charge is 0.254 e. The van der Waals surface area contributed by atoms with Crippen molar-refractivity contribution in [3.63, 3.8) is 0 Å². The second-order valence-electron chi connectivity index (χ2n) is 10.1. The zero-order chi connectivity index (χ0) is 23.6. The molecule has 3 N–H and O–H groups in total. The Kier molecular flexibility index (Phi) is 6.83. The minimum atomic E-state index is -0.608. The van der Waals surface area contributed by atoms with Gasteiger partial charge in [-0.1, -0.05) is 20.8 Å². The van der Waals surface area contributed by atoms with Crippen molar-refractivity contribution < 1.29 is 19.1 Å². The zero-order valence-electron chi connectivity index (χ0n) is 19.5. The first-order valence-electron chi connectivity index (χ1n) is 11.8. The van der Waals surface area contributed by atoms with Crippen molar-refractivity contribution in [2.24, 2.45) is 29.1 Å². The van der Waals surface area contributed by atoms with E-state index >= 15 is 0 Å². The molecule has 2 aliphatic carbocycles. The molecule has 4 rings (SSSR count). The molecule has 2 saturated carbocycles. The molecule has 2 aliphatic rings. The minimum absolute atomic E-state index is 0.00245. The molecule has 2 amide bonds. The van der Waals surface area contributed by atoms with Gasteiger partial charge in [0, 0.05) is 24.4 Å². The molecule has 0 aromatic carbocycles. The molecule has 0 spiro atoms. The molecule has 8 nitrogen and oxygen atoms in total. The lowest BCUT2D eigenvalue weighted by molar-refractivity contribution is -0.142. The van der Waals surface area contributed by atoms with Crippen molar-refractivity contribution in [1.82, 2.24) is 20.6 Å². The number of amides is 2. The third-order valence-electron chi connectivity index (χ3n) is 8.10. The summed E-state index contributed by atoms with van der Waals surface area (Å²) in [5, 5.41) is 17.6. The number of rotatable bonds is 6. The van der Waals surface area contributed by atoms with E-state index in [9.17, 15) is 14.7 Å². The Morgan fingerprint density at radius 1 is 1.27 bits per heavy atom. The van der Waals surface area contributed by atoms with Crippen LogP contribution >= 0.6 is 0 Å². The van der Waals surface area contributed by atoms with Gasteiger partial charge in [0.25, 0.3) is 5.91 Å². The monoisotopic (exact) mass is 454 g/mol. The summed E-state index contributed by atoms with van der Waals surface area (Å²) in [7, 11) is 0. The quantitative estimate of drug-likeness (QED) is 0.618. The van der Waals surface area contributed by atoms with Crippen LogP contribution in [0.15, 0.2) is 41.5 Å². The summed E-state index contributed by atoms with van der Waals surface area (Å²) >= 11 is 0. The van der Waals surface area contributed by atoms with E-state index in [0.29, 0.717) is 17.9 Å². The maximum atomic E-state index is 12.8. The molecular formula is C25H34N4O4. The molecule has 7 atom stereocenters. The zero-order valence-corrected chi connectivity index (χ0v) is 19.5. The highest BCUT2D eigenvalue weighted by molar-refractivity contribution is 5.93. The number of nitrogens with one attached hydrogen (secondary N) is 2. The van der Waals surface area contributed by atoms with Gasteiger partial charge in [-0.15, -0.1) is 0 Å². The van der Waals surface area contributed by atoms with Crippen molar-refractivity contribution in [2.45, 2.75) is 65.1 Å². The number of aliphatic hydroxyl groups excluding tert-OH is 1. The Labute approximate surface area is 194 Å². The van der Waals surface area contributed by atoms with E-state index in [0.717, 1.165) is 25.7 Å². The first-order valence-corrected chi connectivity index (χ1v) is 11.8. The van der Waals surface area contributed by atoms with Gasteiger partial charge in [0.2, 0.25) is 5.91 Å². The van der Waals surface area contributed by atoms with E-state index in [2.05, 4.69) is 34.4 Å². The van der Waals surface area contributed by atoms with Crippen LogP contribution < -0.4 is 10.6 Å². The third kappa shape index (κ3) is 4.81. The predicted octanol–water partition coefficient (Wildman–Crippen LogP) is 2.94. The fraction of sp³-hybridized carbons (Fsp3) is 0.600. The van der Waals surface area contributed by atoms with Crippen LogP contribution in [0.1, 0.15) is 62.6 Å². The van der Waals surface area contributed by atoms with Crippen LogP contribution in [0.4, 0.5) is 0 Å². The van der Waals surface area contributed by atoms with Crippen molar-refractivity contribution in [3.05, 3.63) is 48.4 Å². The number of hydrogen-bond donors (Lipinski definition) is 3. The summed E-state index contributed by atoms with van der Waals surface area (Å²) in [4.78, 5) is 33.4. The highest BCUT2D eigenvalue weighted by Crippen LogP contribution is 2.55. The predicted molar refractivity (Wildman–Crippen MR) is 122 cm³/mol. The Morgan fingerprint density at radius 3 is 2.70 bits per heavy atom. The van der Waals surface area contributed by atoms with Gasteiger partial charge >= 0.3 is 0 Å². The van der Waals surface area contributed by atoms with Gasteiger partial charge in [-0.3, -0.25) is 9.59 Å². The molecule has 178 valence electrons. The molecule has 8 heteroatoms. The van der Waals surface area contributed by atoms with Crippen LogP contribution in [-0.4, -0.2) is 39.0 Å². The van der Waals surface area contributed by atoms with Gasteiger partial charge in [-0.2, -0.15) is 0 Å². The fourth-order valence-corrected chi connectivity index (χ4v) is 6.11. The third-order valence-corrected chi connectivity index (χ3v) is 8.10. The summed E-state index contributed by atoms with van der Waals surface area (Å²) in [6, 6.07) is 3.57. The Balaban J connectivity index is 1.43. The van der Waals surface area contributed by atoms with Gasteiger partial charge in [0.15, 0.2) is 0 Å². The van der Waals surface area contributed by atoms with E-state index < -0.39 is 6.10 Å². The maximum absolute atomic E-state index is 12.8. The Bertz CT molecular complexity index is 951. The number of aliphatic hydroxyl groups is 1. The molecule has 33 heavy (non-hydrogen) atoms. The van der Waals surface area contributed by atoms with Crippen LogP contribution in [0.3, 0.4) is 0 Å². The summed E-state index contributed by atoms with van der Waals surface area (Å²) in [6.07, 6.45) is 8.97. The first kappa shape index (κ1) is 23.4. The van der Waals surface area contributed by atoms with Gasteiger partial charge in [0.05, 0.1) is 24.5 Å². The summed E-state index contributed by atoms with van der Waals surface area (Å²) in [6.45, 7) is 6.60. The first-order chi connectivity index (χ1) is 15.8. The number of furan rings is 1. The highest BCUT2D eigenvalue weighted by atomic mass is 16.3. The van der Waals surface area contributed by atoms with E-state index in [4.69, 9.17) is 4.42 Å². The average Bonchev–Trinajstić information content (AvgIpc) is 3.33. The van der Waals surface area contributed by atoms with Crippen molar-refractivity contribution in [1.29, 1.82) is 0 Å². The summed E-state index contributed by atoms with van der Waals surface area (Å²) in [5.74, 6) is 0.0778. The van der Waals surface area contributed by atoms with Gasteiger partial charge < -0.3 is 20.2 Å². The Morgan fingerprint density at radius 2 is 2.00 bits per heavy atom. The van der Waals surface area contributed by atoms with Gasteiger partial charge in [-0.25, -0.2) is 9.97 Å². The number of aromatic nitrogens is 2. The van der Waals surface area contributed by atoms with Crippen molar-refractivity contribution in [3.8, 4) is 0 Å². The largest absolute Gasteiger partial charge is 0.467 e. The topological polar surface area (TPSA) is 117 Å². The lowest BCUT2D eigenvalue weighted by atomic mass is 9.51. The molecule has 0 radical (unpaired) electrons. The number of carbonyl (C=O) groups excluding carboxylic acids is 2. The van der Waals surface area contributed by atoms with Crippen LogP contribution in [-0.2, 0) is 11.3 Å². The van der Waals surface area contributed by atoms with E-state index in [1.807, 2.05) is 13.0 Å². The van der Waals surface area contributed by atoms with Crippen molar-refractivity contribution in [2.75, 3.05) is 0 Å².